The van der Waals surface area contributed by atoms with Crippen molar-refractivity contribution in [3.8, 4) is 5.75 Å². The molecule has 0 saturated carbocycles. The summed E-state index contributed by atoms with van der Waals surface area (Å²) in [6.07, 6.45) is 1.52. The molecule has 1 amide bonds. The molecule has 2 aromatic carbocycles. The lowest BCUT2D eigenvalue weighted by atomic mass is 10.2. The highest BCUT2D eigenvalue weighted by molar-refractivity contribution is 14.1. The van der Waals surface area contributed by atoms with Gasteiger partial charge in [0.2, 0.25) is 0 Å². The van der Waals surface area contributed by atoms with Gasteiger partial charge in [-0.3, -0.25) is 4.79 Å². The zero-order valence-electron chi connectivity index (χ0n) is 10.2. The Morgan fingerprint density at radius 3 is 2.75 bits per heavy atom. The summed E-state index contributed by atoms with van der Waals surface area (Å²) < 4.78 is 1.44. The third-order valence-corrected chi connectivity index (χ3v) is 4.03. The fraction of sp³-hybridized carbons (Fsp3) is 0. The molecule has 0 aliphatic carbocycles. The molecule has 0 unspecified atom stereocenters. The number of aromatic hydroxyl groups is 1. The minimum atomic E-state index is -0.290. The number of amides is 1. The van der Waals surface area contributed by atoms with E-state index in [9.17, 15) is 9.90 Å². The van der Waals surface area contributed by atoms with Gasteiger partial charge >= 0.3 is 0 Å². The number of benzene rings is 2. The van der Waals surface area contributed by atoms with E-state index in [0.29, 0.717) is 10.0 Å². The SMILES string of the molecule is O=C(N/N=C/c1ccc(O)c(I)c1)c1ccccc1Br. The van der Waals surface area contributed by atoms with Gasteiger partial charge in [0.25, 0.3) is 5.91 Å². The number of halogens is 2. The molecule has 0 radical (unpaired) electrons. The van der Waals surface area contributed by atoms with Crippen LogP contribution in [-0.4, -0.2) is 17.2 Å². The maximum atomic E-state index is 11.9. The Labute approximate surface area is 138 Å². The average Bonchev–Trinajstić information content (AvgIpc) is 2.43. The highest BCUT2D eigenvalue weighted by Crippen LogP contribution is 2.19. The van der Waals surface area contributed by atoms with Crippen LogP contribution in [-0.2, 0) is 0 Å². The summed E-state index contributed by atoms with van der Waals surface area (Å²) in [6, 6.07) is 12.2. The first-order valence-corrected chi connectivity index (χ1v) is 7.51. The summed E-state index contributed by atoms with van der Waals surface area (Å²) in [7, 11) is 0. The smallest absolute Gasteiger partial charge is 0.272 e. The van der Waals surface area contributed by atoms with E-state index in [1.807, 2.05) is 28.7 Å². The minimum Gasteiger partial charge on any atom is -0.507 e. The molecule has 0 aliphatic heterocycles. The molecule has 2 N–H and O–H groups in total. The molecule has 102 valence electrons. The molecule has 0 heterocycles. The molecule has 0 atom stereocenters. The molecule has 2 rings (SSSR count). The zero-order valence-corrected chi connectivity index (χ0v) is 13.9. The highest BCUT2D eigenvalue weighted by Gasteiger charge is 2.07. The maximum absolute atomic E-state index is 11.9. The second-order valence-corrected chi connectivity index (χ2v) is 5.91. The van der Waals surface area contributed by atoms with Gasteiger partial charge in [-0.1, -0.05) is 12.1 Å². The third-order valence-electron chi connectivity index (χ3n) is 2.47. The van der Waals surface area contributed by atoms with Gasteiger partial charge < -0.3 is 5.11 Å². The Kier molecular flexibility index (Phi) is 5.13. The second kappa shape index (κ2) is 6.85. The van der Waals surface area contributed by atoms with E-state index >= 15 is 0 Å². The number of nitrogens with one attached hydrogen (secondary N) is 1. The third kappa shape index (κ3) is 3.80. The van der Waals surface area contributed by atoms with Gasteiger partial charge in [0.15, 0.2) is 0 Å². The predicted molar refractivity (Wildman–Crippen MR) is 90.0 cm³/mol. The number of phenolic OH excluding ortho intramolecular Hbond substituents is 1. The van der Waals surface area contributed by atoms with Crippen LogP contribution in [0.25, 0.3) is 0 Å². The summed E-state index contributed by atoms with van der Waals surface area (Å²) in [6.45, 7) is 0. The molecule has 0 fully saturated rings. The van der Waals surface area contributed by atoms with Crippen molar-refractivity contribution in [2.75, 3.05) is 0 Å². The first-order chi connectivity index (χ1) is 9.58. The fourth-order valence-corrected chi connectivity index (χ4v) is 2.48. The van der Waals surface area contributed by atoms with Crippen LogP contribution in [0.5, 0.6) is 5.75 Å². The van der Waals surface area contributed by atoms with Crippen LogP contribution in [0, 0.1) is 3.57 Å². The van der Waals surface area contributed by atoms with E-state index in [0.717, 1.165) is 9.13 Å². The second-order valence-electron chi connectivity index (χ2n) is 3.89. The molecular formula is C14H10BrIN2O2. The summed E-state index contributed by atoms with van der Waals surface area (Å²) in [5, 5.41) is 13.3. The number of phenols is 1. The van der Waals surface area contributed by atoms with Crippen molar-refractivity contribution in [1.82, 2.24) is 5.43 Å². The van der Waals surface area contributed by atoms with Gasteiger partial charge in [-0.2, -0.15) is 5.10 Å². The molecule has 0 aliphatic rings. The van der Waals surface area contributed by atoms with Crippen LogP contribution in [0.1, 0.15) is 15.9 Å². The Morgan fingerprint density at radius 2 is 2.05 bits per heavy atom. The standard InChI is InChI=1S/C14H10BrIN2O2/c15-11-4-2-1-3-10(11)14(20)18-17-8-9-5-6-13(19)12(16)7-9/h1-8,19H,(H,18,20)/b17-8+. The lowest BCUT2D eigenvalue weighted by molar-refractivity contribution is 0.0954. The van der Waals surface area contributed by atoms with E-state index in [4.69, 9.17) is 0 Å². The fourth-order valence-electron chi connectivity index (χ4n) is 1.47. The maximum Gasteiger partial charge on any atom is 0.272 e. The summed E-state index contributed by atoms with van der Waals surface area (Å²) >= 11 is 5.33. The van der Waals surface area contributed by atoms with Gasteiger partial charge in [0.05, 0.1) is 15.3 Å². The number of rotatable bonds is 3. The van der Waals surface area contributed by atoms with Crippen molar-refractivity contribution in [3.63, 3.8) is 0 Å². The molecule has 0 spiro atoms. The van der Waals surface area contributed by atoms with Crippen molar-refractivity contribution >= 4 is 50.6 Å². The summed E-state index contributed by atoms with van der Waals surface area (Å²) in [4.78, 5) is 11.9. The van der Waals surface area contributed by atoms with Gasteiger partial charge in [-0.25, -0.2) is 5.43 Å². The lowest BCUT2D eigenvalue weighted by Gasteiger charge is -2.02. The quantitative estimate of drug-likeness (QED) is 0.432. The van der Waals surface area contributed by atoms with Gasteiger partial charge in [-0.15, -0.1) is 0 Å². The Morgan fingerprint density at radius 1 is 1.30 bits per heavy atom. The molecule has 6 heteroatoms. The molecule has 0 saturated heterocycles. The van der Waals surface area contributed by atoms with Crippen LogP contribution < -0.4 is 5.43 Å². The largest absolute Gasteiger partial charge is 0.507 e. The van der Waals surface area contributed by atoms with Crippen LogP contribution in [0.15, 0.2) is 52.0 Å². The number of nitrogens with zero attached hydrogens (tertiary/aromatic N) is 1. The monoisotopic (exact) mass is 444 g/mol. The van der Waals surface area contributed by atoms with Gasteiger partial charge in [-0.05, 0) is 74.4 Å². The first kappa shape index (κ1) is 15.0. The van der Waals surface area contributed by atoms with Crippen molar-refractivity contribution in [1.29, 1.82) is 0 Å². The number of hydrogen-bond donors (Lipinski definition) is 2. The number of carbonyl (C=O) groups excluding carboxylic acids is 1. The van der Waals surface area contributed by atoms with E-state index in [1.165, 1.54) is 6.21 Å². The lowest BCUT2D eigenvalue weighted by Crippen LogP contribution is -2.18. The van der Waals surface area contributed by atoms with Crippen LogP contribution >= 0.6 is 38.5 Å². The number of carbonyl (C=O) groups is 1. The average molecular weight is 445 g/mol. The summed E-state index contributed by atoms with van der Waals surface area (Å²) in [5.41, 5.74) is 3.77. The van der Waals surface area contributed by atoms with Crippen LogP contribution in [0.3, 0.4) is 0 Å². The number of hydrazone groups is 1. The van der Waals surface area contributed by atoms with Crippen molar-refractivity contribution in [3.05, 3.63) is 61.6 Å². The van der Waals surface area contributed by atoms with E-state index in [2.05, 4.69) is 26.5 Å². The van der Waals surface area contributed by atoms with Crippen molar-refractivity contribution in [2.45, 2.75) is 0 Å². The van der Waals surface area contributed by atoms with E-state index in [1.54, 1.807) is 36.4 Å². The molecule has 20 heavy (non-hydrogen) atoms. The molecule has 0 bridgehead atoms. The minimum absolute atomic E-state index is 0.222. The molecule has 2 aromatic rings. The van der Waals surface area contributed by atoms with Crippen LogP contribution in [0.4, 0.5) is 0 Å². The van der Waals surface area contributed by atoms with Crippen molar-refractivity contribution in [2.24, 2.45) is 5.10 Å². The molecular weight excluding hydrogens is 435 g/mol. The van der Waals surface area contributed by atoms with E-state index < -0.39 is 0 Å². The van der Waals surface area contributed by atoms with Crippen molar-refractivity contribution < 1.29 is 9.90 Å². The van der Waals surface area contributed by atoms with Gasteiger partial charge in [0.1, 0.15) is 5.75 Å². The Bertz CT molecular complexity index is 674. The number of hydrogen-bond acceptors (Lipinski definition) is 3. The molecule has 4 nitrogen and oxygen atoms in total. The van der Waals surface area contributed by atoms with E-state index in [-0.39, 0.29) is 11.7 Å². The normalized spacial score (nSPS) is 10.7. The zero-order chi connectivity index (χ0) is 14.5. The van der Waals surface area contributed by atoms with Crippen LogP contribution in [0.2, 0.25) is 0 Å². The predicted octanol–water partition coefficient (Wildman–Crippen LogP) is 3.52. The Balaban J connectivity index is 2.05. The van der Waals surface area contributed by atoms with Gasteiger partial charge in [0, 0.05) is 4.47 Å². The topological polar surface area (TPSA) is 61.7 Å². The Hall–Kier alpha value is -1.41. The molecule has 0 aromatic heterocycles. The highest BCUT2D eigenvalue weighted by atomic mass is 127. The summed E-state index contributed by atoms with van der Waals surface area (Å²) in [5.74, 6) is -0.0674. The first-order valence-electron chi connectivity index (χ1n) is 5.64.